The Morgan fingerprint density at radius 2 is 2.00 bits per heavy atom. The van der Waals surface area contributed by atoms with Crippen LogP contribution < -0.4 is 0 Å². The average Bonchev–Trinajstić information content (AvgIpc) is 2.53. The van der Waals surface area contributed by atoms with E-state index in [2.05, 4.69) is 39.8 Å². The van der Waals surface area contributed by atoms with Crippen LogP contribution in [-0.4, -0.2) is 0 Å². The minimum atomic E-state index is 0.431. The molecule has 0 amide bonds. The number of hydrogen-bond acceptors (Lipinski definition) is 0. The minimum absolute atomic E-state index is 0.431. The van der Waals surface area contributed by atoms with Crippen molar-refractivity contribution in [2.24, 2.45) is 22.7 Å². The van der Waals surface area contributed by atoms with Gasteiger partial charge in [0, 0.05) is 5.41 Å². The SMILES string of the molecule is CC1=C2C[C@H]3CC[C@H](C)[C@]2(C=C1)C3(C)C. The summed E-state index contributed by atoms with van der Waals surface area (Å²) in [6, 6.07) is 0. The third-order valence-electron chi connectivity index (χ3n) is 5.83. The molecule has 0 nitrogen and oxygen atoms in total. The molecule has 0 aromatic rings. The maximum atomic E-state index is 2.54. The molecule has 0 heteroatoms. The summed E-state index contributed by atoms with van der Waals surface area (Å²) in [6.45, 7) is 9.78. The van der Waals surface area contributed by atoms with Crippen LogP contribution in [0.4, 0.5) is 0 Å². The Morgan fingerprint density at radius 3 is 2.73 bits per heavy atom. The normalized spacial score (nSPS) is 46.1. The zero-order valence-electron chi connectivity index (χ0n) is 10.4. The van der Waals surface area contributed by atoms with Crippen molar-refractivity contribution in [3.05, 3.63) is 23.3 Å². The molecule has 3 aliphatic rings. The highest BCUT2D eigenvalue weighted by atomic mass is 14.7. The van der Waals surface area contributed by atoms with Gasteiger partial charge in [-0.25, -0.2) is 0 Å². The molecule has 3 rings (SSSR count). The molecule has 0 aromatic heterocycles. The molecule has 2 fully saturated rings. The number of hydrogen-bond donors (Lipinski definition) is 0. The third-order valence-corrected chi connectivity index (χ3v) is 5.83. The highest BCUT2D eigenvalue weighted by Crippen LogP contribution is 2.70. The summed E-state index contributed by atoms with van der Waals surface area (Å²) in [5.74, 6) is 1.78. The number of rotatable bonds is 0. The van der Waals surface area contributed by atoms with Crippen LogP contribution in [0.2, 0.25) is 0 Å². The van der Waals surface area contributed by atoms with Gasteiger partial charge in [0.05, 0.1) is 0 Å². The number of fused-ring (bicyclic) bond motifs is 1. The summed E-state index contributed by atoms with van der Waals surface area (Å²) in [4.78, 5) is 0. The molecule has 82 valence electrons. The first-order valence-corrected chi connectivity index (χ1v) is 6.39. The van der Waals surface area contributed by atoms with Crippen molar-refractivity contribution in [1.82, 2.24) is 0 Å². The Balaban J connectivity index is 2.24. The highest BCUT2D eigenvalue weighted by molar-refractivity contribution is 5.47. The fourth-order valence-electron chi connectivity index (χ4n) is 4.80. The van der Waals surface area contributed by atoms with Crippen LogP contribution in [-0.2, 0) is 0 Å². The minimum Gasteiger partial charge on any atom is -0.0732 e. The Labute approximate surface area is 93.5 Å². The lowest BCUT2D eigenvalue weighted by Gasteiger charge is -2.50. The topological polar surface area (TPSA) is 0 Å². The van der Waals surface area contributed by atoms with Gasteiger partial charge in [-0.15, -0.1) is 0 Å². The van der Waals surface area contributed by atoms with Crippen molar-refractivity contribution >= 4 is 0 Å². The van der Waals surface area contributed by atoms with Crippen LogP contribution in [0, 0.1) is 22.7 Å². The third kappa shape index (κ3) is 0.859. The predicted octanol–water partition coefficient (Wildman–Crippen LogP) is 4.34. The maximum Gasteiger partial charge on any atom is 0.0179 e. The average molecular weight is 202 g/mol. The van der Waals surface area contributed by atoms with E-state index in [9.17, 15) is 0 Å². The van der Waals surface area contributed by atoms with E-state index in [4.69, 9.17) is 0 Å². The molecule has 0 aliphatic heterocycles. The molecule has 0 heterocycles. The van der Waals surface area contributed by atoms with Crippen LogP contribution in [0.3, 0.4) is 0 Å². The molecule has 3 aliphatic carbocycles. The molecular formula is C15H22. The first kappa shape index (κ1) is 9.69. The van der Waals surface area contributed by atoms with E-state index in [-0.39, 0.29) is 0 Å². The summed E-state index contributed by atoms with van der Waals surface area (Å²) in [5, 5.41) is 0. The zero-order valence-corrected chi connectivity index (χ0v) is 10.4. The van der Waals surface area contributed by atoms with E-state index >= 15 is 0 Å². The zero-order chi connectivity index (χ0) is 10.8. The Kier molecular flexibility index (Phi) is 1.67. The summed E-state index contributed by atoms with van der Waals surface area (Å²) in [6.07, 6.45) is 9.17. The van der Waals surface area contributed by atoms with Crippen molar-refractivity contribution in [3.63, 3.8) is 0 Å². The van der Waals surface area contributed by atoms with Gasteiger partial charge in [0.2, 0.25) is 0 Å². The van der Waals surface area contributed by atoms with E-state index in [1.165, 1.54) is 19.3 Å². The lowest BCUT2D eigenvalue weighted by atomic mass is 9.54. The molecule has 2 bridgehead atoms. The second kappa shape index (κ2) is 2.59. The summed E-state index contributed by atoms with van der Waals surface area (Å²) < 4.78 is 0. The molecule has 0 N–H and O–H groups in total. The van der Waals surface area contributed by atoms with E-state index in [1.807, 2.05) is 0 Å². The molecule has 2 saturated carbocycles. The Bertz CT molecular complexity index is 369. The smallest absolute Gasteiger partial charge is 0.0179 e. The quantitative estimate of drug-likeness (QED) is 0.548. The van der Waals surface area contributed by atoms with Gasteiger partial charge in [0.1, 0.15) is 0 Å². The van der Waals surface area contributed by atoms with Crippen LogP contribution in [0.1, 0.15) is 47.0 Å². The van der Waals surface area contributed by atoms with Crippen molar-refractivity contribution in [2.75, 3.05) is 0 Å². The summed E-state index contributed by atoms with van der Waals surface area (Å²) in [5.41, 5.74) is 4.27. The Hall–Kier alpha value is -0.520. The second-order valence-corrected chi connectivity index (χ2v) is 6.47. The fraction of sp³-hybridized carbons (Fsp3) is 0.733. The molecule has 15 heavy (non-hydrogen) atoms. The van der Waals surface area contributed by atoms with Gasteiger partial charge in [-0.3, -0.25) is 0 Å². The number of allylic oxidation sites excluding steroid dienone is 4. The lowest BCUT2D eigenvalue weighted by Crippen LogP contribution is -2.43. The van der Waals surface area contributed by atoms with Gasteiger partial charge in [0.25, 0.3) is 0 Å². The summed E-state index contributed by atoms with van der Waals surface area (Å²) >= 11 is 0. The van der Waals surface area contributed by atoms with Gasteiger partial charge >= 0.3 is 0 Å². The van der Waals surface area contributed by atoms with Gasteiger partial charge in [-0.05, 0) is 43.4 Å². The van der Waals surface area contributed by atoms with Crippen molar-refractivity contribution in [1.29, 1.82) is 0 Å². The highest BCUT2D eigenvalue weighted by Gasteiger charge is 2.61. The molecule has 0 saturated heterocycles. The predicted molar refractivity (Wildman–Crippen MR) is 64.6 cm³/mol. The van der Waals surface area contributed by atoms with E-state index in [0.29, 0.717) is 10.8 Å². The first-order chi connectivity index (χ1) is 7.00. The molecule has 0 aromatic carbocycles. The van der Waals surface area contributed by atoms with Crippen molar-refractivity contribution in [2.45, 2.75) is 47.0 Å². The van der Waals surface area contributed by atoms with Crippen LogP contribution in [0.25, 0.3) is 0 Å². The van der Waals surface area contributed by atoms with Crippen molar-refractivity contribution < 1.29 is 0 Å². The van der Waals surface area contributed by atoms with E-state index in [1.54, 1.807) is 11.1 Å². The largest absolute Gasteiger partial charge is 0.0732 e. The Morgan fingerprint density at radius 1 is 1.27 bits per heavy atom. The van der Waals surface area contributed by atoms with Gasteiger partial charge in [0.15, 0.2) is 0 Å². The van der Waals surface area contributed by atoms with Crippen LogP contribution in [0.5, 0.6) is 0 Å². The summed E-state index contributed by atoms with van der Waals surface area (Å²) in [7, 11) is 0. The maximum absolute atomic E-state index is 2.54. The van der Waals surface area contributed by atoms with Gasteiger partial charge in [-0.2, -0.15) is 0 Å². The molecule has 1 spiro atoms. The van der Waals surface area contributed by atoms with Crippen molar-refractivity contribution in [3.8, 4) is 0 Å². The van der Waals surface area contributed by atoms with Gasteiger partial charge < -0.3 is 0 Å². The standard InChI is InChI=1S/C15H22/c1-10-7-8-15-11(2)5-6-12(9-13(10)15)14(15,3)4/h7-8,11-12H,5-6,9H2,1-4H3/t11-,12+,15-/m0/s1. The van der Waals surface area contributed by atoms with Crippen LogP contribution in [0.15, 0.2) is 23.3 Å². The lowest BCUT2D eigenvalue weighted by molar-refractivity contribution is 0.0327. The second-order valence-electron chi connectivity index (χ2n) is 6.47. The molecule has 3 atom stereocenters. The van der Waals surface area contributed by atoms with E-state index < -0.39 is 0 Å². The molecule has 0 radical (unpaired) electrons. The van der Waals surface area contributed by atoms with Crippen LogP contribution >= 0.6 is 0 Å². The molecule has 0 unspecified atom stereocenters. The molecular weight excluding hydrogens is 180 g/mol. The van der Waals surface area contributed by atoms with E-state index in [0.717, 1.165) is 11.8 Å². The van der Waals surface area contributed by atoms with Gasteiger partial charge in [-0.1, -0.05) is 44.1 Å². The monoisotopic (exact) mass is 202 g/mol. The fourth-order valence-corrected chi connectivity index (χ4v) is 4.80. The first-order valence-electron chi connectivity index (χ1n) is 6.39.